The number of β-amino-alcohol motifs (C(OH)–C–C–N with tert-alkyl or cyclic N) is 1. The van der Waals surface area contributed by atoms with E-state index in [2.05, 4.69) is 9.97 Å². The third-order valence-corrected chi connectivity index (χ3v) is 4.89. The first-order valence-electron chi connectivity index (χ1n) is 8.76. The zero-order valence-corrected chi connectivity index (χ0v) is 16.1. The van der Waals surface area contributed by atoms with E-state index in [9.17, 15) is 19.6 Å². The summed E-state index contributed by atoms with van der Waals surface area (Å²) in [6, 6.07) is 5.90. The average Bonchev–Trinajstić information content (AvgIpc) is 3.28. The smallest absolute Gasteiger partial charge is 0.383 e. The Bertz CT molecular complexity index is 1040. The molecule has 11 heteroatoms. The molecule has 1 aromatic carbocycles. The van der Waals surface area contributed by atoms with Crippen molar-refractivity contribution in [2.24, 2.45) is 0 Å². The van der Waals surface area contributed by atoms with Crippen LogP contribution in [0.3, 0.4) is 0 Å². The van der Waals surface area contributed by atoms with Crippen LogP contribution in [0, 0.1) is 15.9 Å². The van der Waals surface area contributed by atoms with E-state index < -0.39 is 10.5 Å². The molecule has 0 saturated heterocycles. The molecule has 3 heterocycles. The molecule has 0 spiro atoms. The highest BCUT2D eigenvalue weighted by molar-refractivity contribution is 6.28. The second kappa shape index (κ2) is 7.21. The number of fused-ring (bicyclic) bond motifs is 1. The molecule has 1 unspecified atom stereocenters. The molecule has 0 fully saturated rings. The first-order chi connectivity index (χ1) is 13.7. The lowest BCUT2D eigenvalue weighted by molar-refractivity contribution is -0.389. The van der Waals surface area contributed by atoms with Crippen LogP contribution >= 0.6 is 11.6 Å². The highest BCUT2D eigenvalue weighted by Crippen LogP contribution is 2.30. The molecule has 3 aromatic rings. The maximum atomic E-state index is 13.1. The van der Waals surface area contributed by atoms with E-state index >= 15 is 0 Å². The summed E-state index contributed by atoms with van der Waals surface area (Å²) in [5.41, 5.74) is 0.230. The minimum atomic E-state index is -1.22. The molecule has 0 radical (unpaired) electrons. The molecule has 0 saturated carbocycles. The zero-order chi connectivity index (χ0) is 20.8. The topological polar surface area (TPSA) is 110 Å². The third-order valence-electron chi connectivity index (χ3n) is 4.59. The SMILES string of the molecule is CC(O)(CN1Cc2nc(-c3ccc(F)cc3)oc2C1)Cn1cc([N+](=O)[O-])nc1Cl. The Morgan fingerprint density at radius 3 is 2.66 bits per heavy atom. The molecule has 0 amide bonds. The summed E-state index contributed by atoms with van der Waals surface area (Å²) in [7, 11) is 0. The molecule has 1 N–H and O–H groups in total. The van der Waals surface area contributed by atoms with Crippen LogP contribution in [0.4, 0.5) is 10.2 Å². The van der Waals surface area contributed by atoms with Crippen molar-refractivity contribution in [2.45, 2.75) is 32.2 Å². The lowest BCUT2D eigenvalue weighted by Crippen LogP contribution is -2.42. The fraction of sp³-hybridized carbons (Fsp3) is 0.333. The lowest BCUT2D eigenvalue weighted by Gasteiger charge is -2.28. The molecular weight excluding hydrogens is 405 g/mol. The van der Waals surface area contributed by atoms with E-state index in [1.165, 1.54) is 22.9 Å². The zero-order valence-electron chi connectivity index (χ0n) is 15.4. The summed E-state index contributed by atoms with van der Waals surface area (Å²) in [4.78, 5) is 20.3. The number of aliphatic hydroxyl groups is 1. The van der Waals surface area contributed by atoms with Crippen molar-refractivity contribution in [1.82, 2.24) is 19.4 Å². The largest absolute Gasteiger partial charge is 0.439 e. The number of benzene rings is 1. The number of aromatic nitrogens is 3. The summed E-state index contributed by atoms with van der Waals surface area (Å²) in [6.45, 7) is 2.87. The van der Waals surface area contributed by atoms with Crippen LogP contribution in [0.15, 0.2) is 34.9 Å². The molecule has 0 aliphatic carbocycles. The van der Waals surface area contributed by atoms with E-state index in [4.69, 9.17) is 16.0 Å². The Kier molecular flexibility index (Phi) is 4.85. The number of oxazole rings is 1. The van der Waals surface area contributed by atoms with Gasteiger partial charge in [-0.2, -0.15) is 0 Å². The fourth-order valence-corrected chi connectivity index (χ4v) is 3.60. The van der Waals surface area contributed by atoms with Gasteiger partial charge >= 0.3 is 11.1 Å². The van der Waals surface area contributed by atoms with Gasteiger partial charge in [-0.3, -0.25) is 9.47 Å². The molecule has 152 valence electrons. The molecule has 1 aliphatic rings. The Labute approximate surface area is 169 Å². The quantitative estimate of drug-likeness (QED) is 0.481. The van der Waals surface area contributed by atoms with Crippen molar-refractivity contribution in [1.29, 1.82) is 0 Å². The lowest BCUT2D eigenvalue weighted by atomic mass is 10.1. The Hall–Kier alpha value is -2.82. The number of hydrogen-bond donors (Lipinski definition) is 1. The van der Waals surface area contributed by atoms with Gasteiger partial charge in [-0.25, -0.2) is 9.37 Å². The van der Waals surface area contributed by atoms with Gasteiger partial charge in [0.15, 0.2) is 0 Å². The van der Waals surface area contributed by atoms with Crippen molar-refractivity contribution < 1.29 is 18.8 Å². The Morgan fingerprint density at radius 2 is 2.03 bits per heavy atom. The van der Waals surface area contributed by atoms with Crippen molar-refractivity contribution in [2.75, 3.05) is 6.54 Å². The number of rotatable bonds is 6. The minimum Gasteiger partial charge on any atom is -0.439 e. The Morgan fingerprint density at radius 1 is 1.31 bits per heavy atom. The summed E-state index contributed by atoms with van der Waals surface area (Å²) < 4.78 is 20.2. The predicted molar refractivity (Wildman–Crippen MR) is 101 cm³/mol. The monoisotopic (exact) mass is 421 g/mol. The number of nitro groups is 1. The molecular formula is C18H17ClFN5O4. The van der Waals surface area contributed by atoms with Crippen LogP contribution in [0.2, 0.25) is 5.28 Å². The van der Waals surface area contributed by atoms with Gasteiger partial charge in [0.1, 0.15) is 17.8 Å². The van der Waals surface area contributed by atoms with E-state index in [0.717, 1.165) is 5.69 Å². The van der Waals surface area contributed by atoms with Gasteiger partial charge in [0, 0.05) is 18.7 Å². The van der Waals surface area contributed by atoms with Gasteiger partial charge in [-0.15, -0.1) is 0 Å². The van der Waals surface area contributed by atoms with Crippen LogP contribution in [0.5, 0.6) is 0 Å². The third kappa shape index (κ3) is 4.14. The van der Waals surface area contributed by atoms with Gasteiger partial charge in [-0.05, 0) is 52.7 Å². The van der Waals surface area contributed by atoms with Crippen LogP contribution in [0.1, 0.15) is 18.4 Å². The van der Waals surface area contributed by atoms with Crippen molar-refractivity contribution in [3.63, 3.8) is 0 Å². The first-order valence-corrected chi connectivity index (χ1v) is 9.14. The van der Waals surface area contributed by atoms with E-state index in [0.29, 0.717) is 30.3 Å². The van der Waals surface area contributed by atoms with Gasteiger partial charge in [-0.1, -0.05) is 0 Å². The molecule has 29 heavy (non-hydrogen) atoms. The number of nitrogens with zero attached hydrogens (tertiary/aromatic N) is 5. The molecule has 4 rings (SSSR count). The molecule has 1 atom stereocenters. The molecule has 0 bridgehead atoms. The molecule has 1 aliphatic heterocycles. The number of halogens is 2. The Balaban J connectivity index is 1.41. The molecule has 9 nitrogen and oxygen atoms in total. The summed E-state index contributed by atoms with van der Waals surface area (Å²) >= 11 is 5.93. The number of imidazole rings is 1. The van der Waals surface area contributed by atoms with E-state index in [1.807, 2.05) is 4.90 Å². The predicted octanol–water partition coefficient (Wildman–Crippen LogP) is 3.01. The fourth-order valence-electron chi connectivity index (χ4n) is 3.41. The van der Waals surface area contributed by atoms with Crippen LogP contribution in [0.25, 0.3) is 11.5 Å². The van der Waals surface area contributed by atoms with Crippen molar-refractivity contribution >= 4 is 17.4 Å². The van der Waals surface area contributed by atoms with Gasteiger partial charge in [0.05, 0.1) is 24.4 Å². The van der Waals surface area contributed by atoms with Gasteiger partial charge in [0.25, 0.3) is 0 Å². The maximum absolute atomic E-state index is 13.1. The summed E-state index contributed by atoms with van der Waals surface area (Å²) in [5, 5.41) is 21.5. The van der Waals surface area contributed by atoms with E-state index in [1.54, 1.807) is 19.1 Å². The van der Waals surface area contributed by atoms with Crippen LogP contribution in [-0.2, 0) is 19.6 Å². The maximum Gasteiger partial charge on any atom is 0.383 e. The number of hydrogen-bond acceptors (Lipinski definition) is 7. The van der Waals surface area contributed by atoms with E-state index in [-0.39, 0.29) is 30.0 Å². The standard InChI is InChI=1S/C18H17ClFN5O4/c1-18(26,10-24-8-15(25(27)28)22-17(24)19)9-23-6-13-14(7-23)29-16(21-13)11-2-4-12(20)5-3-11/h2-5,8,26H,6-7,9-10H2,1H3. The van der Waals surface area contributed by atoms with Crippen molar-refractivity contribution in [3.05, 3.63) is 63.1 Å². The highest BCUT2D eigenvalue weighted by atomic mass is 35.5. The average molecular weight is 422 g/mol. The summed E-state index contributed by atoms with van der Waals surface area (Å²) in [5.74, 6) is 0.420. The molecule has 2 aromatic heterocycles. The van der Waals surface area contributed by atoms with Crippen LogP contribution < -0.4 is 0 Å². The summed E-state index contributed by atoms with van der Waals surface area (Å²) in [6.07, 6.45) is 1.20. The second-order valence-electron chi connectivity index (χ2n) is 7.29. The van der Waals surface area contributed by atoms with Crippen LogP contribution in [-0.4, -0.2) is 41.6 Å². The normalized spacial score (nSPS) is 16.0. The second-order valence-corrected chi connectivity index (χ2v) is 7.63. The van der Waals surface area contributed by atoms with Crippen molar-refractivity contribution in [3.8, 4) is 11.5 Å². The van der Waals surface area contributed by atoms with Gasteiger partial charge < -0.3 is 19.6 Å². The van der Waals surface area contributed by atoms with Gasteiger partial charge in [0.2, 0.25) is 5.89 Å². The minimum absolute atomic E-state index is 0.0405. The highest BCUT2D eigenvalue weighted by Gasteiger charge is 2.33. The first kappa shape index (κ1) is 19.5.